The van der Waals surface area contributed by atoms with Gasteiger partial charge >= 0.3 is 0 Å². The van der Waals surface area contributed by atoms with Crippen LogP contribution in [0, 0.1) is 13.8 Å². The molecule has 1 aliphatic rings. The number of rotatable bonds is 5. The highest BCUT2D eigenvalue weighted by molar-refractivity contribution is 7.89. The third-order valence-electron chi connectivity index (χ3n) is 5.15. The van der Waals surface area contributed by atoms with Gasteiger partial charge in [0, 0.05) is 6.04 Å². The quantitative estimate of drug-likeness (QED) is 0.853. The molecule has 1 N–H and O–H groups in total. The maximum absolute atomic E-state index is 13.1. The van der Waals surface area contributed by atoms with Crippen molar-refractivity contribution in [2.45, 2.75) is 57.4 Å². The maximum Gasteiger partial charge on any atom is 0.244 e. The number of sulfonamides is 1. The number of benzene rings is 2. The maximum atomic E-state index is 13.1. The summed E-state index contributed by atoms with van der Waals surface area (Å²) in [6, 6.07) is 9.46. The third-order valence-corrected chi connectivity index (χ3v) is 6.71. The molecule has 0 aromatic heterocycles. The Kier molecular flexibility index (Phi) is 5.39. The summed E-state index contributed by atoms with van der Waals surface area (Å²) in [7, 11) is -2.16. The molecule has 0 radical (unpaired) electrons. The topological polar surface area (TPSA) is 55.4 Å². The van der Waals surface area contributed by atoms with Gasteiger partial charge in [-0.2, -0.15) is 0 Å². The average Bonchev–Trinajstić information content (AvgIpc) is 2.62. The highest BCUT2D eigenvalue weighted by Gasteiger charge is 2.25. The van der Waals surface area contributed by atoms with Gasteiger partial charge in [0.05, 0.1) is 7.11 Å². The van der Waals surface area contributed by atoms with E-state index in [9.17, 15) is 8.42 Å². The molecule has 0 saturated carbocycles. The van der Waals surface area contributed by atoms with Gasteiger partial charge in [-0.05, 0) is 80.8 Å². The third kappa shape index (κ3) is 3.79. The Balaban J connectivity index is 1.96. The fourth-order valence-corrected chi connectivity index (χ4v) is 5.12. The lowest BCUT2D eigenvalue weighted by atomic mass is 9.92. The van der Waals surface area contributed by atoms with Crippen molar-refractivity contribution in [2.75, 3.05) is 7.11 Å². The molecule has 140 valence electrons. The van der Waals surface area contributed by atoms with E-state index in [-0.39, 0.29) is 10.9 Å². The van der Waals surface area contributed by atoms with Crippen LogP contribution < -0.4 is 9.46 Å². The number of fused-ring (bicyclic) bond motifs is 1. The van der Waals surface area contributed by atoms with Crippen LogP contribution in [0.25, 0.3) is 0 Å². The van der Waals surface area contributed by atoms with Crippen LogP contribution in [-0.4, -0.2) is 15.5 Å². The largest absolute Gasteiger partial charge is 0.495 e. The highest BCUT2D eigenvalue weighted by atomic mass is 32.2. The molecule has 26 heavy (non-hydrogen) atoms. The standard InChI is InChI=1S/C21H27NO3S/c1-14-9-10-15(2)19(11-14)16(3)22-26(23,24)21-13-18-8-6-5-7-17(18)12-20(21)25-4/h9-13,16,22H,5-8H2,1-4H3. The minimum Gasteiger partial charge on any atom is -0.495 e. The van der Waals surface area contributed by atoms with Crippen LogP contribution >= 0.6 is 0 Å². The second kappa shape index (κ2) is 7.41. The minimum absolute atomic E-state index is 0.234. The molecule has 1 aliphatic carbocycles. The van der Waals surface area contributed by atoms with Crippen molar-refractivity contribution >= 4 is 10.0 Å². The van der Waals surface area contributed by atoms with Crippen molar-refractivity contribution in [3.05, 3.63) is 58.1 Å². The number of ether oxygens (including phenoxy) is 1. The van der Waals surface area contributed by atoms with E-state index in [0.717, 1.165) is 47.9 Å². The van der Waals surface area contributed by atoms with Crippen LogP contribution in [0.2, 0.25) is 0 Å². The Bertz CT molecular complexity index is 919. The fourth-order valence-electron chi connectivity index (χ4n) is 3.70. The van der Waals surface area contributed by atoms with Gasteiger partial charge in [0.25, 0.3) is 0 Å². The molecule has 0 heterocycles. The lowest BCUT2D eigenvalue weighted by molar-refractivity contribution is 0.400. The fraction of sp³-hybridized carbons (Fsp3) is 0.429. The number of methoxy groups -OCH3 is 1. The molecule has 2 aromatic carbocycles. The molecule has 0 saturated heterocycles. The smallest absolute Gasteiger partial charge is 0.244 e. The molecule has 0 aliphatic heterocycles. The molecule has 0 bridgehead atoms. The molecule has 0 fully saturated rings. The van der Waals surface area contributed by atoms with Gasteiger partial charge in [-0.3, -0.25) is 0 Å². The van der Waals surface area contributed by atoms with E-state index in [0.29, 0.717) is 5.75 Å². The van der Waals surface area contributed by atoms with E-state index in [1.54, 1.807) is 6.07 Å². The number of aryl methyl sites for hydroxylation is 4. The van der Waals surface area contributed by atoms with Crippen LogP contribution in [0.5, 0.6) is 5.75 Å². The number of nitrogens with one attached hydrogen (secondary N) is 1. The van der Waals surface area contributed by atoms with Gasteiger partial charge < -0.3 is 4.74 Å². The van der Waals surface area contributed by atoms with Crippen LogP contribution in [-0.2, 0) is 22.9 Å². The van der Waals surface area contributed by atoms with Crippen molar-refractivity contribution in [3.8, 4) is 5.75 Å². The molecule has 1 atom stereocenters. The van der Waals surface area contributed by atoms with Gasteiger partial charge in [-0.1, -0.05) is 23.8 Å². The number of hydrogen-bond acceptors (Lipinski definition) is 3. The van der Waals surface area contributed by atoms with Crippen LogP contribution in [0.1, 0.15) is 53.6 Å². The SMILES string of the molecule is COc1cc2c(cc1S(=O)(=O)NC(C)c1cc(C)ccc1C)CCCC2. The molecular formula is C21H27NO3S. The van der Waals surface area contributed by atoms with Gasteiger partial charge in [0.1, 0.15) is 10.6 Å². The summed E-state index contributed by atoms with van der Waals surface area (Å²) in [6.45, 7) is 5.89. The van der Waals surface area contributed by atoms with E-state index in [1.807, 2.05) is 45.0 Å². The first-order valence-electron chi connectivity index (χ1n) is 9.11. The monoisotopic (exact) mass is 373 g/mol. The van der Waals surface area contributed by atoms with E-state index >= 15 is 0 Å². The summed E-state index contributed by atoms with van der Waals surface area (Å²) < 4.78 is 34.4. The Labute approximate surface area is 156 Å². The van der Waals surface area contributed by atoms with Crippen molar-refractivity contribution < 1.29 is 13.2 Å². The van der Waals surface area contributed by atoms with E-state index < -0.39 is 10.0 Å². The molecule has 2 aromatic rings. The molecule has 1 unspecified atom stereocenters. The summed E-state index contributed by atoms with van der Waals surface area (Å²) in [5, 5.41) is 0. The van der Waals surface area contributed by atoms with Gasteiger partial charge in [-0.15, -0.1) is 0 Å². The molecular weight excluding hydrogens is 346 g/mol. The zero-order valence-corrected chi connectivity index (χ0v) is 16.7. The summed E-state index contributed by atoms with van der Waals surface area (Å²) in [5.41, 5.74) is 5.50. The first-order valence-corrected chi connectivity index (χ1v) is 10.6. The predicted octanol–water partition coefficient (Wildman–Crippen LogP) is 4.23. The molecule has 4 nitrogen and oxygen atoms in total. The first kappa shape index (κ1) is 18.9. The van der Waals surface area contributed by atoms with E-state index in [1.165, 1.54) is 12.7 Å². The Morgan fingerprint density at radius 1 is 1.04 bits per heavy atom. The van der Waals surface area contributed by atoms with Crippen molar-refractivity contribution in [1.29, 1.82) is 0 Å². The van der Waals surface area contributed by atoms with Crippen LogP contribution in [0.15, 0.2) is 35.2 Å². The zero-order chi connectivity index (χ0) is 18.9. The Hall–Kier alpha value is -1.85. The number of hydrogen-bond donors (Lipinski definition) is 1. The molecule has 0 spiro atoms. The van der Waals surface area contributed by atoms with E-state index in [4.69, 9.17) is 4.74 Å². The van der Waals surface area contributed by atoms with Crippen molar-refractivity contribution in [3.63, 3.8) is 0 Å². The molecule has 0 amide bonds. The zero-order valence-electron chi connectivity index (χ0n) is 15.9. The second-order valence-electron chi connectivity index (χ2n) is 7.18. The predicted molar refractivity (Wildman–Crippen MR) is 104 cm³/mol. The van der Waals surface area contributed by atoms with Gasteiger partial charge in [0.15, 0.2) is 0 Å². The van der Waals surface area contributed by atoms with Gasteiger partial charge in [0.2, 0.25) is 10.0 Å². The lowest BCUT2D eigenvalue weighted by Gasteiger charge is -2.21. The van der Waals surface area contributed by atoms with Crippen molar-refractivity contribution in [2.24, 2.45) is 0 Å². The Morgan fingerprint density at radius 2 is 1.69 bits per heavy atom. The summed E-state index contributed by atoms with van der Waals surface area (Å²) in [6.07, 6.45) is 4.15. The Morgan fingerprint density at radius 3 is 2.35 bits per heavy atom. The summed E-state index contributed by atoms with van der Waals surface area (Å²) in [5.74, 6) is 0.423. The van der Waals surface area contributed by atoms with Gasteiger partial charge in [-0.25, -0.2) is 13.1 Å². The summed E-state index contributed by atoms with van der Waals surface area (Å²) >= 11 is 0. The second-order valence-corrected chi connectivity index (χ2v) is 8.86. The van der Waals surface area contributed by atoms with Crippen LogP contribution in [0.4, 0.5) is 0 Å². The first-order chi connectivity index (χ1) is 12.3. The normalized spacial score (nSPS) is 15.4. The average molecular weight is 374 g/mol. The van der Waals surface area contributed by atoms with Crippen LogP contribution in [0.3, 0.4) is 0 Å². The van der Waals surface area contributed by atoms with Crippen molar-refractivity contribution in [1.82, 2.24) is 4.72 Å². The highest BCUT2D eigenvalue weighted by Crippen LogP contribution is 2.33. The summed E-state index contributed by atoms with van der Waals surface area (Å²) in [4.78, 5) is 0.234. The molecule has 5 heteroatoms. The minimum atomic E-state index is -3.69. The lowest BCUT2D eigenvalue weighted by Crippen LogP contribution is -2.28. The van der Waals surface area contributed by atoms with E-state index in [2.05, 4.69) is 4.72 Å². The molecule has 3 rings (SSSR count).